The second-order valence-corrected chi connectivity index (χ2v) is 8.67. The highest BCUT2D eigenvalue weighted by Gasteiger charge is 2.56. The topological polar surface area (TPSA) is 104 Å². The van der Waals surface area contributed by atoms with Gasteiger partial charge < -0.3 is 24.6 Å². The molecule has 4 atom stereocenters. The van der Waals surface area contributed by atoms with E-state index in [2.05, 4.69) is 20.4 Å². The summed E-state index contributed by atoms with van der Waals surface area (Å²) in [5.41, 5.74) is 1.41. The van der Waals surface area contributed by atoms with E-state index in [1.165, 1.54) is 0 Å². The number of hydrogen-bond donors (Lipinski definition) is 2. The Bertz CT molecular complexity index is 1120. The van der Waals surface area contributed by atoms with Gasteiger partial charge in [0.15, 0.2) is 17.7 Å². The monoisotopic (exact) mass is 465 g/mol. The lowest BCUT2D eigenvalue weighted by molar-refractivity contribution is -0.201. The van der Waals surface area contributed by atoms with Crippen LogP contribution in [0.15, 0.2) is 30.5 Å². The Morgan fingerprint density at radius 1 is 1.16 bits per heavy atom. The number of nitrogens with zero attached hydrogens (tertiary/aromatic N) is 4. The van der Waals surface area contributed by atoms with Crippen LogP contribution in [0.3, 0.4) is 0 Å². The average molecular weight is 466 g/mol. The van der Waals surface area contributed by atoms with Crippen molar-refractivity contribution in [2.75, 3.05) is 11.9 Å². The first-order chi connectivity index (χ1) is 14.9. The van der Waals surface area contributed by atoms with Gasteiger partial charge in [0.25, 0.3) is 0 Å². The van der Waals surface area contributed by atoms with Crippen molar-refractivity contribution in [2.24, 2.45) is 0 Å². The molecule has 2 N–H and O–H groups in total. The fourth-order valence-electron chi connectivity index (χ4n) is 4.04. The van der Waals surface area contributed by atoms with Crippen molar-refractivity contribution in [2.45, 2.75) is 50.7 Å². The lowest BCUT2D eigenvalue weighted by atomic mass is 10.1. The quantitative estimate of drug-likeness (QED) is 0.553. The summed E-state index contributed by atoms with van der Waals surface area (Å²) in [5.74, 6) is -0.263. The predicted octanol–water partition coefficient (Wildman–Crippen LogP) is 3.16. The van der Waals surface area contributed by atoms with Gasteiger partial charge in [-0.2, -0.15) is 15.1 Å². The second-order valence-electron chi connectivity index (χ2n) is 7.93. The summed E-state index contributed by atoms with van der Waals surface area (Å²) >= 11 is 12.5. The van der Waals surface area contributed by atoms with E-state index in [1.807, 2.05) is 38.1 Å². The van der Waals surface area contributed by atoms with Gasteiger partial charge in [0.2, 0.25) is 5.28 Å². The van der Waals surface area contributed by atoms with Gasteiger partial charge in [-0.1, -0.05) is 29.8 Å². The first kappa shape index (κ1) is 20.9. The minimum atomic E-state index is -0.790. The third-order valence-corrected chi connectivity index (χ3v) is 5.91. The van der Waals surface area contributed by atoms with E-state index in [4.69, 9.17) is 37.4 Å². The zero-order chi connectivity index (χ0) is 21.8. The van der Waals surface area contributed by atoms with Gasteiger partial charge in [0.05, 0.1) is 18.2 Å². The van der Waals surface area contributed by atoms with E-state index in [-0.39, 0.29) is 11.9 Å². The minimum Gasteiger partial charge on any atom is -0.394 e. The van der Waals surface area contributed by atoms with Crippen LogP contribution in [0.2, 0.25) is 10.3 Å². The number of hydrogen-bond acceptors (Lipinski definition) is 8. The molecule has 31 heavy (non-hydrogen) atoms. The number of benzene rings is 1. The molecule has 3 aromatic rings. The molecule has 0 bridgehead atoms. The van der Waals surface area contributed by atoms with Crippen LogP contribution in [0.1, 0.15) is 25.6 Å². The Morgan fingerprint density at radius 3 is 2.71 bits per heavy atom. The fourth-order valence-corrected chi connectivity index (χ4v) is 4.41. The van der Waals surface area contributed by atoms with Crippen molar-refractivity contribution in [3.8, 4) is 0 Å². The summed E-state index contributed by atoms with van der Waals surface area (Å²) in [7, 11) is 0. The average Bonchev–Trinajstić information content (AvgIpc) is 3.37. The maximum atomic E-state index is 9.74. The van der Waals surface area contributed by atoms with Crippen molar-refractivity contribution >= 4 is 40.1 Å². The molecule has 164 valence electrons. The Labute approximate surface area is 188 Å². The van der Waals surface area contributed by atoms with Gasteiger partial charge in [-0.05, 0) is 37.1 Å². The molecular weight excluding hydrogens is 445 g/mol. The SMILES string of the molecule is CC1(C)O[C@@H]2[C@H](O1)[C@@H](CO)O[C@H]2n1ncc2c(NCc3ccccc3Cl)nc(Cl)nc21. The van der Waals surface area contributed by atoms with Gasteiger partial charge in [-0.15, -0.1) is 0 Å². The van der Waals surface area contributed by atoms with Gasteiger partial charge in [-0.3, -0.25) is 0 Å². The van der Waals surface area contributed by atoms with Crippen LogP contribution < -0.4 is 5.32 Å². The largest absolute Gasteiger partial charge is 0.394 e. The third kappa shape index (κ3) is 3.75. The molecule has 4 heterocycles. The number of ether oxygens (including phenoxy) is 3. The summed E-state index contributed by atoms with van der Waals surface area (Å²) in [6.45, 7) is 3.91. The van der Waals surface area contributed by atoms with Crippen molar-refractivity contribution in [3.63, 3.8) is 0 Å². The van der Waals surface area contributed by atoms with Crippen molar-refractivity contribution in [1.82, 2.24) is 19.7 Å². The number of aromatic nitrogens is 4. The minimum absolute atomic E-state index is 0.0630. The van der Waals surface area contributed by atoms with E-state index in [9.17, 15) is 5.11 Å². The molecule has 0 radical (unpaired) electrons. The lowest BCUT2D eigenvalue weighted by Gasteiger charge is -2.23. The van der Waals surface area contributed by atoms with E-state index in [0.29, 0.717) is 28.4 Å². The molecule has 11 heteroatoms. The number of anilines is 1. The molecule has 2 saturated heterocycles. The Balaban J connectivity index is 1.48. The molecule has 0 spiro atoms. The molecule has 9 nitrogen and oxygen atoms in total. The highest BCUT2D eigenvalue weighted by atomic mass is 35.5. The number of nitrogens with one attached hydrogen (secondary N) is 1. The maximum Gasteiger partial charge on any atom is 0.226 e. The van der Waals surface area contributed by atoms with Crippen LogP contribution in [0.25, 0.3) is 11.0 Å². The standard InChI is InChI=1S/C20H21Cl2N5O4/c1-20(2)30-14-13(9-28)29-18(15(14)31-20)27-17-11(8-24-27)16(25-19(22)26-17)23-7-10-5-3-4-6-12(10)21/h3-6,8,13-15,18,28H,7,9H2,1-2H3,(H,23,25,26)/t13-,14-,15-,18-/m1/s1. The van der Waals surface area contributed by atoms with Crippen LogP contribution in [0, 0.1) is 0 Å². The Kier molecular flexibility index (Phi) is 5.28. The van der Waals surface area contributed by atoms with Crippen LogP contribution in [-0.2, 0) is 20.8 Å². The summed E-state index contributed by atoms with van der Waals surface area (Å²) in [4.78, 5) is 8.68. The summed E-state index contributed by atoms with van der Waals surface area (Å²) < 4.78 is 19.6. The number of fused-ring (bicyclic) bond motifs is 2. The van der Waals surface area contributed by atoms with Gasteiger partial charge >= 0.3 is 0 Å². The summed E-state index contributed by atoms with van der Waals surface area (Å²) in [5, 5.41) is 18.9. The molecule has 0 saturated carbocycles. The van der Waals surface area contributed by atoms with Crippen LogP contribution in [0.4, 0.5) is 5.82 Å². The molecule has 2 aliphatic heterocycles. The number of aliphatic hydroxyl groups is 1. The molecule has 2 aliphatic rings. The van der Waals surface area contributed by atoms with Crippen molar-refractivity contribution < 1.29 is 19.3 Å². The number of aliphatic hydroxyl groups excluding tert-OH is 1. The molecule has 0 unspecified atom stereocenters. The van der Waals surface area contributed by atoms with E-state index >= 15 is 0 Å². The zero-order valence-corrected chi connectivity index (χ0v) is 18.3. The molecule has 2 fully saturated rings. The Hall–Kier alpha value is -2.01. The Morgan fingerprint density at radius 2 is 1.94 bits per heavy atom. The molecule has 0 aliphatic carbocycles. The highest BCUT2D eigenvalue weighted by molar-refractivity contribution is 6.31. The normalized spacial score (nSPS) is 27.0. The molecule has 2 aromatic heterocycles. The first-order valence-corrected chi connectivity index (χ1v) is 10.6. The molecule has 1 aromatic carbocycles. The van der Waals surface area contributed by atoms with Crippen molar-refractivity contribution in [1.29, 1.82) is 0 Å². The van der Waals surface area contributed by atoms with E-state index in [1.54, 1.807) is 10.9 Å². The third-order valence-electron chi connectivity index (χ3n) is 5.38. The zero-order valence-electron chi connectivity index (χ0n) is 16.8. The molecular formula is C20H21Cl2N5O4. The number of rotatable bonds is 5. The first-order valence-electron chi connectivity index (χ1n) is 9.86. The van der Waals surface area contributed by atoms with Gasteiger partial charge in [0.1, 0.15) is 24.1 Å². The molecule has 5 rings (SSSR count). The lowest BCUT2D eigenvalue weighted by Crippen LogP contribution is -2.31. The van der Waals surface area contributed by atoms with Crippen LogP contribution in [-0.4, -0.2) is 55.6 Å². The van der Waals surface area contributed by atoms with E-state index < -0.39 is 30.3 Å². The summed E-state index contributed by atoms with van der Waals surface area (Å²) in [6, 6.07) is 7.55. The smallest absolute Gasteiger partial charge is 0.226 e. The maximum absolute atomic E-state index is 9.74. The number of halogens is 2. The van der Waals surface area contributed by atoms with Gasteiger partial charge in [-0.25, -0.2) is 4.68 Å². The van der Waals surface area contributed by atoms with Crippen LogP contribution >= 0.6 is 23.2 Å². The van der Waals surface area contributed by atoms with E-state index in [0.717, 1.165) is 5.56 Å². The van der Waals surface area contributed by atoms with Crippen molar-refractivity contribution in [3.05, 3.63) is 46.3 Å². The fraction of sp³-hybridized carbons (Fsp3) is 0.450. The van der Waals surface area contributed by atoms with Crippen LogP contribution in [0.5, 0.6) is 0 Å². The van der Waals surface area contributed by atoms with Gasteiger partial charge in [0, 0.05) is 11.6 Å². The predicted molar refractivity (Wildman–Crippen MR) is 114 cm³/mol. The second kappa shape index (κ2) is 7.84. The highest BCUT2D eigenvalue weighted by Crippen LogP contribution is 2.43. The summed E-state index contributed by atoms with van der Waals surface area (Å²) in [6.07, 6.45) is -0.399. The molecule has 0 amide bonds.